The fraction of sp³-hybridized carbons (Fsp3) is 0.391. The summed E-state index contributed by atoms with van der Waals surface area (Å²) in [5.41, 5.74) is 0.881. The minimum atomic E-state index is -5.03. The van der Waals surface area contributed by atoms with Gasteiger partial charge in [-0.2, -0.15) is 13.2 Å². The molecule has 3 aromatic rings. The summed E-state index contributed by atoms with van der Waals surface area (Å²) in [4.78, 5) is 34.7. The normalized spacial score (nSPS) is 19.8. The van der Waals surface area contributed by atoms with Crippen LogP contribution in [0.4, 0.5) is 24.7 Å². The fourth-order valence-corrected chi connectivity index (χ4v) is 4.02. The van der Waals surface area contributed by atoms with Gasteiger partial charge >= 0.3 is 12.1 Å². The second kappa shape index (κ2) is 11.2. The monoisotopic (exact) mass is 549 g/mol. The lowest BCUT2D eigenvalue weighted by molar-refractivity contribution is -0.385. The van der Waals surface area contributed by atoms with Crippen LogP contribution < -0.4 is 10.6 Å². The third kappa shape index (κ3) is 6.06. The molecule has 0 radical (unpaired) electrons. The summed E-state index contributed by atoms with van der Waals surface area (Å²) in [7, 11) is 0. The number of nitrogens with zero attached hydrogens (tertiary/aromatic N) is 5. The van der Waals surface area contributed by atoms with E-state index in [-0.39, 0.29) is 35.7 Å². The smallest absolute Gasteiger partial charge is 0.394 e. The Balaban J connectivity index is 1.52. The molecule has 39 heavy (non-hydrogen) atoms. The zero-order chi connectivity index (χ0) is 28.3. The molecule has 4 rings (SSSR count). The van der Waals surface area contributed by atoms with Crippen LogP contribution >= 0.6 is 0 Å². The van der Waals surface area contributed by atoms with Crippen LogP contribution in [0, 0.1) is 22.0 Å². The third-order valence-corrected chi connectivity index (χ3v) is 5.93. The van der Waals surface area contributed by atoms with E-state index in [1.165, 1.54) is 30.9 Å². The zero-order valence-corrected chi connectivity index (χ0v) is 20.2. The zero-order valence-electron chi connectivity index (χ0n) is 20.2. The Labute approximate surface area is 218 Å². The van der Waals surface area contributed by atoms with Crippen LogP contribution in [0.1, 0.15) is 36.7 Å². The van der Waals surface area contributed by atoms with E-state index >= 15 is 0 Å². The van der Waals surface area contributed by atoms with E-state index in [1.54, 1.807) is 16.8 Å². The Morgan fingerprint density at radius 2 is 2.13 bits per heavy atom. The van der Waals surface area contributed by atoms with Gasteiger partial charge in [-0.05, 0) is 19.1 Å². The molecule has 0 spiro atoms. The van der Waals surface area contributed by atoms with Crippen LogP contribution in [-0.2, 0) is 9.53 Å². The molecule has 1 aromatic carbocycles. The van der Waals surface area contributed by atoms with Gasteiger partial charge in [0.15, 0.2) is 17.0 Å². The number of amides is 1. The number of nitro benzene ring substituents is 1. The Bertz CT molecular complexity index is 1450. The number of carbonyl (C=O) groups is 1. The van der Waals surface area contributed by atoms with Gasteiger partial charge in [0.2, 0.25) is 0 Å². The molecule has 0 bridgehead atoms. The summed E-state index contributed by atoms with van der Waals surface area (Å²) in [6.07, 6.45) is -4.29. The Morgan fingerprint density at radius 1 is 1.36 bits per heavy atom. The number of alkyl halides is 3. The topological polar surface area (TPSA) is 178 Å². The van der Waals surface area contributed by atoms with Gasteiger partial charge in [0.05, 0.1) is 42.1 Å². The summed E-state index contributed by atoms with van der Waals surface area (Å²) in [6.45, 7) is 0.725. The molecule has 1 fully saturated rings. The molecule has 4 N–H and O–H groups in total. The molecule has 1 saturated heterocycles. The number of nitro groups is 1. The molecule has 1 aliphatic rings. The first-order valence-electron chi connectivity index (χ1n) is 11.5. The Morgan fingerprint density at radius 3 is 2.79 bits per heavy atom. The van der Waals surface area contributed by atoms with Crippen molar-refractivity contribution in [2.45, 2.75) is 44.0 Å². The maximum atomic E-state index is 12.2. The lowest BCUT2D eigenvalue weighted by Crippen LogP contribution is -2.36. The molecular formula is C23H22F3N7O6. The van der Waals surface area contributed by atoms with Gasteiger partial charge in [-0.15, -0.1) is 0 Å². The minimum Gasteiger partial charge on any atom is -0.394 e. The molecule has 16 heteroatoms. The van der Waals surface area contributed by atoms with E-state index in [0.29, 0.717) is 11.2 Å². The molecule has 206 valence electrons. The van der Waals surface area contributed by atoms with Crippen molar-refractivity contribution in [2.75, 3.05) is 18.5 Å². The number of anilines is 1. The van der Waals surface area contributed by atoms with Crippen LogP contribution in [-0.4, -0.2) is 72.1 Å². The van der Waals surface area contributed by atoms with Crippen molar-refractivity contribution < 1.29 is 37.8 Å². The predicted molar refractivity (Wildman–Crippen MR) is 128 cm³/mol. The number of ether oxygens (including phenoxy) is 1. The first-order chi connectivity index (χ1) is 18.5. The quantitative estimate of drug-likeness (QED) is 0.192. The van der Waals surface area contributed by atoms with Crippen molar-refractivity contribution in [1.29, 1.82) is 0 Å². The average molecular weight is 549 g/mol. The first kappa shape index (κ1) is 27.7. The van der Waals surface area contributed by atoms with E-state index in [1.807, 2.05) is 0 Å². The van der Waals surface area contributed by atoms with Gasteiger partial charge in [0.1, 0.15) is 18.7 Å². The molecule has 0 saturated carbocycles. The van der Waals surface area contributed by atoms with Gasteiger partial charge in [-0.1, -0.05) is 11.8 Å². The minimum absolute atomic E-state index is 0.169. The van der Waals surface area contributed by atoms with Crippen molar-refractivity contribution in [2.24, 2.45) is 0 Å². The standard InChI is InChI=1S/C23H22F3N7O6/c1-12(14-5-4-13(7-15(14)33(37)38)3-2-6-27-22(36)23(24,25)26)31-20-19-21(29-10-28-20)32(11-30-19)18-8-16(35)17(9-34)39-18/h4-5,7,10-12,16-18,34-35H,6,8-9H2,1H3,(H,27,36)(H,28,29,31)/t12?,16-,17+,18+/m0/s1. The highest BCUT2D eigenvalue weighted by atomic mass is 19.4. The van der Waals surface area contributed by atoms with Crippen molar-refractivity contribution in [3.63, 3.8) is 0 Å². The van der Waals surface area contributed by atoms with Crippen LogP contribution in [0.2, 0.25) is 0 Å². The highest BCUT2D eigenvalue weighted by molar-refractivity contribution is 5.83. The van der Waals surface area contributed by atoms with E-state index in [4.69, 9.17) is 4.74 Å². The number of halogens is 3. The van der Waals surface area contributed by atoms with E-state index in [9.17, 15) is 38.3 Å². The molecule has 0 aliphatic carbocycles. The first-order valence-corrected chi connectivity index (χ1v) is 11.5. The number of benzene rings is 1. The maximum absolute atomic E-state index is 12.2. The van der Waals surface area contributed by atoms with Gasteiger partial charge < -0.3 is 25.6 Å². The molecular weight excluding hydrogens is 527 g/mol. The van der Waals surface area contributed by atoms with Crippen LogP contribution in [0.5, 0.6) is 0 Å². The number of aromatic nitrogens is 4. The maximum Gasteiger partial charge on any atom is 0.471 e. The van der Waals surface area contributed by atoms with Crippen LogP contribution in [0.15, 0.2) is 30.9 Å². The van der Waals surface area contributed by atoms with Crippen molar-refractivity contribution in [1.82, 2.24) is 24.8 Å². The number of hydrogen-bond acceptors (Lipinski definition) is 10. The lowest BCUT2D eigenvalue weighted by Gasteiger charge is -2.16. The number of rotatable bonds is 7. The van der Waals surface area contributed by atoms with Gasteiger partial charge in [-0.3, -0.25) is 19.5 Å². The molecule has 2 aromatic heterocycles. The molecule has 3 heterocycles. The highest BCUT2D eigenvalue weighted by Crippen LogP contribution is 2.33. The number of aliphatic hydroxyl groups is 2. The second-order valence-electron chi connectivity index (χ2n) is 8.54. The van der Waals surface area contributed by atoms with Crippen LogP contribution in [0.3, 0.4) is 0 Å². The number of aliphatic hydroxyl groups excluding tert-OH is 2. The SMILES string of the molecule is CC(Nc1ncnc2c1ncn2[C@H]1C[C@H](O)[C@@H](CO)O1)c1ccc(C#CCNC(=O)C(F)(F)F)cc1[N+](=O)[O-]. The molecule has 1 unspecified atom stereocenters. The molecule has 1 amide bonds. The summed E-state index contributed by atoms with van der Waals surface area (Å²) in [5.74, 6) is 2.96. The van der Waals surface area contributed by atoms with Crippen molar-refractivity contribution in [3.8, 4) is 11.8 Å². The van der Waals surface area contributed by atoms with E-state index in [2.05, 4.69) is 32.1 Å². The molecule has 1 aliphatic heterocycles. The fourth-order valence-electron chi connectivity index (χ4n) is 4.02. The van der Waals surface area contributed by atoms with Gasteiger partial charge in [0, 0.05) is 18.1 Å². The molecule has 4 atom stereocenters. The average Bonchev–Trinajstić information content (AvgIpc) is 3.49. The van der Waals surface area contributed by atoms with Crippen molar-refractivity contribution in [3.05, 3.63) is 52.1 Å². The highest BCUT2D eigenvalue weighted by Gasteiger charge is 2.38. The second-order valence-corrected chi connectivity index (χ2v) is 8.54. The third-order valence-electron chi connectivity index (χ3n) is 5.93. The molecule has 13 nitrogen and oxygen atoms in total. The number of nitrogens with one attached hydrogen (secondary N) is 2. The summed E-state index contributed by atoms with van der Waals surface area (Å²) in [5, 5.41) is 35.8. The largest absolute Gasteiger partial charge is 0.471 e. The Kier molecular flexibility index (Phi) is 7.95. The lowest BCUT2D eigenvalue weighted by atomic mass is 10.0. The number of fused-ring (bicyclic) bond motifs is 1. The van der Waals surface area contributed by atoms with Crippen molar-refractivity contribution >= 4 is 28.6 Å². The van der Waals surface area contributed by atoms with Crippen LogP contribution in [0.25, 0.3) is 11.2 Å². The summed E-state index contributed by atoms with van der Waals surface area (Å²) in [6, 6.07) is 3.44. The van der Waals surface area contributed by atoms with Gasteiger partial charge in [0.25, 0.3) is 5.69 Å². The predicted octanol–water partition coefficient (Wildman–Crippen LogP) is 1.58. The summed E-state index contributed by atoms with van der Waals surface area (Å²) < 4.78 is 44.0. The summed E-state index contributed by atoms with van der Waals surface area (Å²) >= 11 is 0. The van der Waals surface area contributed by atoms with E-state index in [0.717, 1.165) is 0 Å². The van der Waals surface area contributed by atoms with Gasteiger partial charge in [-0.25, -0.2) is 15.0 Å². The Hall–Kier alpha value is -4.33. The number of carbonyl (C=O) groups excluding carboxylic acids is 1. The number of imidazole rings is 1. The van der Waals surface area contributed by atoms with E-state index < -0.39 is 48.0 Å². The number of hydrogen-bond donors (Lipinski definition) is 4.